The highest BCUT2D eigenvalue weighted by Crippen LogP contribution is 2.44. The van der Waals surface area contributed by atoms with E-state index in [1.807, 2.05) is 12.1 Å². The van der Waals surface area contributed by atoms with E-state index in [9.17, 15) is 9.59 Å². The minimum absolute atomic E-state index is 0.331. The first-order chi connectivity index (χ1) is 14.6. The first kappa shape index (κ1) is 19.9. The summed E-state index contributed by atoms with van der Waals surface area (Å²) in [6.45, 7) is 2.48. The Bertz CT molecular complexity index is 799. The van der Waals surface area contributed by atoms with Gasteiger partial charge in [-0.25, -0.2) is 0 Å². The number of piperidine rings is 3. The van der Waals surface area contributed by atoms with E-state index in [0.717, 1.165) is 69.5 Å². The molecule has 4 fully saturated rings. The highest BCUT2D eigenvalue weighted by molar-refractivity contribution is 5.88. The summed E-state index contributed by atoms with van der Waals surface area (Å²) in [5, 5.41) is 0. The van der Waals surface area contributed by atoms with Gasteiger partial charge in [-0.1, -0.05) is 31.4 Å². The molecule has 2 bridgehead atoms. The fraction of sp³-hybridized carbons (Fsp3) is 0.680. The van der Waals surface area contributed by atoms with Gasteiger partial charge in [-0.05, 0) is 61.6 Å². The van der Waals surface area contributed by atoms with Gasteiger partial charge in [-0.15, -0.1) is 0 Å². The Morgan fingerprint density at radius 3 is 2.53 bits per heavy atom. The number of ether oxygens (including phenoxy) is 1. The van der Waals surface area contributed by atoms with Crippen LogP contribution in [0.25, 0.3) is 0 Å². The Morgan fingerprint density at radius 2 is 1.80 bits per heavy atom. The van der Waals surface area contributed by atoms with E-state index in [-0.39, 0.29) is 0 Å². The van der Waals surface area contributed by atoms with Gasteiger partial charge in [0.2, 0.25) is 11.8 Å². The normalized spacial score (nSPS) is 30.6. The highest BCUT2D eigenvalue weighted by Gasteiger charge is 2.49. The van der Waals surface area contributed by atoms with Crippen LogP contribution in [0.1, 0.15) is 63.4 Å². The molecule has 5 nitrogen and oxygen atoms in total. The van der Waals surface area contributed by atoms with Crippen LogP contribution in [0, 0.1) is 11.8 Å². The molecule has 0 N–H and O–H groups in total. The van der Waals surface area contributed by atoms with Crippen molar-refractivity contribution >= 4 is 11.8 Å². The van der Waals surface area contributed by atoms with Gasteiger partial charge in [0.15, 0.2) is 0 Å². The van der Waals surface area contributed by atoms with Crippen molar-refractivity contribution in [1.82, 2.24) is 9.80 Å². The molecule has 1 aromatic carbocycles. The smallest absolute Gasteiger partial charge is 0.233 e. The van der Waals surface area contributed by atoms with Crippen molar-refractivity contribution in [3.05, 3.63) is 29.8 Å². The van der Waals surface area contributed by atoms with Crippen LogP contribution in [-0.4, -0.2) is 54.4 Å². The van der Waals surface area contributed by atoms with Crippen LogP contribution in [0.5, 0.6) is 5.75 Å². The summed E-state index contributed by atoms with van der Waals surface area (Å²) >= 11 is 0. The van der Waals surface area contributed by atoms with Gasteiger partial charge >= 0.3 is 0 Å². The molecule has 2 amide bonds. The number of likely N-dealkylation sites (tertiary alicyclic amines) is 1. The molecule has 0 spiro atoms. The Morgan fingerprint density at radius 1 is 1.03 bits per heavy atom. The van der Waals surface area contributed by atoms with E-state index in [2.05, 4.69) is 21.9 Å². The van der Waals surface area contributed by atoms with E-state index in [0.29, 0.717) is 36.1 Å². The van der Waals surface area contributed by atoms with Gasteiger partial charge in [0, 0.05) is 32.1 Å². The maximum atomic E-state index is 14.1. The fourth-order valence-corrected chi connectivity index (χ4v) is 6.77. The molecule has 0 aromatic heterocycles. The van der Waals surface area contributed by atoms with Crippen LogP contribution in [0.2, 0.25) is 0 Å². The van der Waals surface area contributed by atoms with Gasteiger partial charge in [0.1, 0.15) is 5.75 Å². The van der Waals surface area contributed by atoms with Gasteiger partial charge in [-0.3, -0.25) is 9.59 Å². The molecular weight excluding hydrogens is 376 g/mol. The van der Waals surface area contributed by atoms with Crippen molar-refractivity contribution in [2.75, 3.05) is 26.7 Å². The molecule has 1 aliphatic carbocycles. The maximum Gasteiger partial charge on any atom is 0.233 e. The average Bonchev–Trinajstić information content (AvgIpc) is 2.80. The van der Waals surface area contributed by atoms with Crippen LogP contribution < -0.4 is 4.74 Å². The lowest BCUT2D eigenvalue weighted by Crippen LogP contribution is -2.63. The SMILES string of the molecule is COc1ccc(C2(C(=O)N3C[C@H]4C[C@H](C3)[C@H]3CCCC(=O)N3C4)CCCCC2)cc1. The molecule has 3 heterocycles. The zero-order valence-corrected chi connectivity index (χ0v) is 18.1. The summed E-state index contributed by atoms with van der Waals surface area (Å²) in [5.41, 5.74) is 0.760. The number of methoxy groups -OCH3 is 1. The Balaban J connectivity index is 1.41. The molecule has 5 rings (SSSR count). The van der Waals surface area contributed by atoms with Crippen LogP contribution in [0.4, 0.5) is 0 Å². The van der Waals surface area contributed by atoms with Gasteiger partial charge in [0.05, 0.1) is 12.5 Å². The Labute approximate surface area is 179 Å². The third kappa shape index (κ3) is 3.30. The van der Waals surface area contributed by atoms with Crippen molar-refractivity contribution < 1.29 is 14.3 Å². The van der Waals surface area contributed by atoms with E-state index >= 15 is 0 Å². The Kier molecular flexibility index (Phi) is 5.24. The number of hydrogen-bond donors (Lipinski definition) is 0. The second-order valence-corrected chi connectivity index (χ2v) is 9.95. The number of nitrogens with zero attached hydrogens (tertiary/aromatic N) is 2. The molecule has 1 saturated carbocycles. The molecule has 162 valence electrons. The van der Waals surface area contributed by atoms with Gasteiger partial charge in [-0.2, -0.15) is 0 Å². The monoisotopic (exact) mass is 410 g/mol. The quantitative estimate of drug-likeness (QED) is 0.762. The number of carbonyl (C=O) groups is 2. The van der Waals surface area contributed by atoms with Crippen LogP contribution in [0.3, 0.4) is 0 Å². The standard InChI is InChI=1S/C25H34N2O3/c1-30-21-10-8-20(9-11-21)25(12-3-2-4-13-25)24(29)26-15-18-14-19(17-26)22-6-5-7-23(28)27(22)16-18/h8-11,18-19,22H,2-7,12-17H2,1H3/t18-,19-,22-/m1/s1. The lowest BCUT2D eigenvalue weighted by Gasteiger charge is -2.53. The van der Waals surface area contributed by atoms with E-state index < -0.39 is 5.41 Å². The van der Waals surface area contributed by atoms with Crippen molar-refractivity contribution in [3.8, 4) is 5.75 Å². The number of amides is 2. The molecule has 0 unspecified atom stereocenters. The molecule has 30 heavy (non-hydrogen) atoms. The minimum Gasteiger partial charge on any atom is -0.497 e. The predicted molar refractivity (Wildman–Crippen MR) is 115 cm³/mol. The number of benzene rings is 1. The van der Waals surface area contributed by atoms with Gasteiger partial charge in [0.25, 0.3) is 0 Å². The van der Waals surface area contributed by atoms with E-state index in [1.165, 1.54) is 12.8 Å². The number of hydrogen-bond acceptors (Lipinski definition) is 3. The van der Waals surface area contributed by atoms with Crippen LogP contribution in [-0.2, 0) is 15.0 Å². The zero-order valence-electron chi connectivity index (χ0n) is 18.1. The predicted octanol–water partition coefficient (Wildman–Crippen LogP) is 3.76. The molecule has 0 radical (unpaired) electrons. The summed E-state index contributed by atoms with van der Waals surface area (Å²) in [6.07, 6.45) is 9.32. The first-order valence-electron chi connectivity index (χ1n) is 11.8. The average molecular weight is 411 g/mol. The molecule has 1 aromatic rings. The summed E-state index contributed by atoms with van der Waals surface area (Å²) in [4.78, 5) is 30.9. The lowest BCUT2D eigenvalue weighted by molar-refractivity contribution is -0.152. The molecule has 4 aliphatic rings. The molecule has 3 aliphatic heterocycles. The first-order valence-corrected chi connectivity index (χ1v) is 11.8. The summed E-state index contributed by atoms with van der Waals surface area (Å²) in [5.74, 6) is 2.39. The number of carbonyl (C=O) groups excluding carboxylic acids is 2. The lowest BCUT2D eigenvalue weighted by atomic mass is 9.67. The Hall–Kier alpha value is -2.04. The maximum absolute atomic E-state index is 14.1. The van der Waals surface area contributed by atoms with Crippen molar-refractivity contribution in [3.63, 3.8) is 0 Å². The summed E-state index contributed by atoms with van der Waals surface area (Å²) in [7, 11) is 1.68. The van der Waals surface area contributed by atoms with Crippen LogP contribution >= 0.6 is 0 Å². The van der Waals surface area contributed by atoms with Crippen molar-refractivity contribution in [2.24, 2.45) is 11.8 Å². The second-order valence-electron chi connectivity index (χ2n) is 9.95. The third-order valence-electron chi connectivity index (χ3n) is 8.23. The van der Waals surface area contributed by atoms with Gasteiger partial charge < -0.3 is 14.5 Å². The summed E-state index contributed by atoms with van der Waals surface area (Å²) in [6, 6.07) is 8.55. The molecular formula is C25H34N2O3. The molecule has 5 heteroatoms. The highest BCUT2D eigenvalue weighted by atomic mass is 16.5. The number of rotatable bonds is 3. The second kappa shape index (κ2) is 7.90. The van der Waals surface area contributed by atoms with Crippen molar-refractivity contribution in [1.29, 1.82) is 0 Å². The van der Waals surface area contributed by atoms with E-state index in [1.54, 1.807) is 7.11 Å². The third-order valence-corrected chi connectivity index (χ3v) is 8.23. The van der Waals surface area contributed by atoms with Crippen molar-refractivity contribution in [2.45, 2.75) is 69.2 Å². The van der Waals surface area contributed by atoms with Crippen LogP contribution in [0.15, 0.2) is 24.3 Å². The summed E-state index contributed by atoms with van der Waals surface area (Å²) < 4.78 is 5.35. The molecule has 3 saturated heterocycles. The fourth-order valence-electron chi connectivity index (χ4n) is 6.77. The number of fused-ring (bicyclic) bond motifs is 4. The topological polar surface area (TPSA) is 49.9 Å². The largest absolute Gasteiger partial charge is 0.497 e. The van der Waals surface area contributed by atoms with E-state index in [4.69, 9.17) is 4.74 Å². The molecule has 3 atom stereocenters. The minimum atomic E-state index is -0.391. The zero-order chi connectivity index (χ0) is 20.7.